The molecule has 0 radical (unpaired) electrons. The third kappa shape index (κ3) is 2.16. The number of para-hydroxylation sites is 2. The van der Waals surface area contributed by atoms with Crippen molar-refractivity contribution < 1.29 is 0 Å². The number of hydrogen-bond donors (Lipinski definition) is 0. The summed E-state index contributed by atoms with van der Waals surface area (Å²) in [6.07, 6.45) is 3.71. The van der Waals surface area contributed by atoms with Gasteiger partial charge in [0.1, 0.15) is 11.6 Å². The maximum absolute atomic E-state index is 8.90. The number of fused-ring (bicyclic) bond motifs is 1. The zero-order chi connectivity index (χ0) is 13.1. The molecule has 1 aromatic carbocycles. The molecule has 5 nitrogen and oxygen atoms in total. The molecule has 3 rings (SSSR count). The quantitative estimate of drug-likeness (QED) is 0.711. The van der Waals surface area contributed by atoms with Crippen LogP contribution >= 0.6 is 0 Å². The van der Waals surface area contributed by atoms with Gasteiger partial charge in [-0.2, -0.15) is 5.26 Å². The van der Waals surface area contributed by atoms with Crippen LogP contribution < -0.4 is 0 Å². The monoisotopic (exact) mass is 249 g/mol. The maximum Gasteiger partial charge on any atom is 0.147 e. The van der Waals surface area contributed by atoms with Gasteiger partial charge < -0.3 is 4.57 Å². The van der Waals surface area contributed by atoms with Gasteiger partial charge in [-0.15, -0.1) is 0 Å². The molecule has 0 bridgehead atoms. The van der Waals surface area contributed by atoms with Crippen molar-refractivity contribution in [2.45, 2.75) is 13.0 Å². The molecule has 92 valence electrons. The van der Waals surface area contributed by atoms with E-state index in [1.807, 2.05) is 28.8 Å². The van der Waals surface area contributed by atoms with Gasteiger partial charge >= 0.3 is 0 Å². The zero-order valence-corrected chi connectivity index (χ0v) is 10.2. The second kappa shape index (κ2) is 4.86. The summed E-state index contributed by atoms with van der Waals surface area (Å²) in [5.41, 5.74) is 1.89. The minimum atomic E-state index is 0.279. The summed E-state index contributed by atoms with van der Waals surface area (Å²) in [5, 5.41) is 8.90. The molecule has 0 saturated carbocycles. The van der Waals surface area contributed by atoms with E-state index in [2.05, 4.69) is 21.0 Å². The van der Waals surface area contributed by atoms with Crippen LogP contribution in [0.5, 0.6) is 0 Å². The van der Waals surface area contributed by atoms with Crippen molar-refractivity contribution in [2.24, 2.45) is 0 Å². The van der Waals surface area contributed by atoms with E-state index in [0.717, 1.165) is 16.9 Å². The molecule has 2 heterocycles. The number of rotatable bonds is 3. The van der Waals surface area contributed by atoms with Gasteiger partial charge in [0, 0.05) is 12.4 Å². The van der Waals surface area contributed by atoms with Crippen molar-refractivity contribution in [2.75, 3.05) is 0 Å². The third-order valence-corrected chi connectivity index (χ3v) is 2.89. The van der Waals surface area contributed by atoms with Gasteiger partial charge in [0.05, 0.1) is 30.1 Å². The molecular formula is C14H11N5. The molecule has 2 aromatic heterocycles. The summed E-state index contributed by atoms with van der Waals surface area (Å²) in [7, 11) is 0. The normalized spacial score (nSPS) is 10.5. The molecule has 0 saturated heterocycles. The molecule has 0 fully saturated rings. The van der Waals surface area contributed by atoms with Crippen LogP contribution in [0, 0.1) is 11.3 Å². The Morgan fingerprint density at radius 3 is 2.68 bits per heavy atom. The minimum absolute atomic E-state index is 0.279. The molecule has 0 amide bonds. The number of benzene rings is 1. The second-order valence-corrected chi connectivity index (χ2v) is 4.10. The second-order valence-electron chi connectivity index (χ2n) is 4.10. The average Bonchev–Trinajstić information content (AvgIpc) is 2.79. The van der Waals surface area contributed by atoms with Gasteiger partial charge in [0.25, 0.3) is 0 Å². The van der Waals surface area contributed by atoms with Crippen LogP contribution in [0.25, 0.3) is 11.0 Å². The highest BCUT2D eigenvalue weighted by molar-refractivity contribution is 5.76. The summed E-state index contributed by atoms with van der Waals surface area (Å²) in [6, 6.07) is 11.8. The van der Waals surface area contributed by atoms with Gasteiger partial charge in [-0.25, -0.2) is 15.0 Å². The van der Waals surface area contributed by atoms with Crippen LogP contribution in [0.15, 0.2) is 42.7 Å². The predicted octanol–water partition coefficient (Wildman–Crippen LogP) is 1.94. The van der Waals surface area contributed by atoms with Crippen molar-refractivity contribution in [1.29, 1.82) is 5.26 Å². The summed E-state index contributed by atoms with van der Waals surface area (Å²) >= 11 is 0. The summed E-state index contributed by atoms with van der Waals surface area (Å²) in [5.74, 6) is 1.46. The fraction of sp³-hybridized carbons (Fsp3) is 0.143. The lowest BCUT2D eigenvalue weighted by Gasteiger charge is -2.05. The molecule has 3 aromatic rings. The van der Waals surface area contributed by atoms with Crippen LogP contribution in [0.1, 0.15) is 11.6 Å². The fourth-order valence-corrected chi connectivity index (χ4v) is 2.06. The van der Waals surface area contributed by atoms with E-state index in [0.29, 0.717) is 12.4 Å². The van der Waals surface area contributed by atoms with Gasteiger partial charge in [-0.3, -0.25) is 0 Å². The number of imidazole rings is 1. The van der Waals surface area contributed by atoms with E-state index in [-0.39, 0.29) is 6.42 Å². The van der Waals surface area contributed by atoms with Gasteiger partial charge in [-0.05, 0) is 18.2 Å². The number of hydrogen-bond acceptors (Lipinski definition) is 4. The van der Waals surface area contributed by atoms with Crippen LogP contribution in [-0.2, 0) is 13.0 Å². The first-order valence-electron chi connectivity index (χ1n) is 5.95. The summed E-state index contributed by atoms with van der Waals surface area (Å²) < 4.78 is 1.99. The van der Waals surface area contributed by atoms with Crippen molar-refractivity contribution in [3.63, 3.8) is 0 Å². The standard InChI is InChI=1S/C14H11N5/c15-7-6-14-18-11-4-1-2-5-12(11)19(14)10-13-16-8-3-9-17-13/h1-5,8-9H,6,10H2. The van der Waals surface area contributed by atoms with Crippen molar-refractivity contribution in [1.82, 2.24) is 19.5 Å². The highest BCUT2D eigenvalue weighted by Crippen LogP contribution is 2.17. The van der Waals surface area contributed by atoms with Gasteiger partial charge in [0.15, 0.2) is 0 Å². The summed E-state index contributed by atoms with van der Waals surface area (Å²) in [4.78, 5) is 12.9. The largest absolute Gasteiger partial charge is 0.319 e. The fourth-order valence-electron chi connectivity index (χ4n) is 2.06. The third-order valence-electron chi connectivity index (χ3n) is 2.89. The molecule has 0 aliphatic rings. The Labute approximate surface area is 110 Å². The molecule has 0 atom stereocenters. The van der Waals surface area contributed by atoms with Gasteiger partial charge in [0.2, 0.25) is 0 Å². The van der Waals surface area contributed by atoms with E-state index in [9.17, 15) is 0 Å². The van der Waals surface area contributed by atoms with Crippen LogP contribution in [0.3, 0.4) is 0 Å². The smallest absolute Gasteiger partial charge is 0.147 e. The molecule has 0 N–H and O–H groups in total. The molecule has 0 aliphatic carbocycles. The topological polar surface area (TPSA) is 67.4 Å². The lowest BCUT2D eigenvalue weighted by molar-refractivity contribution is 0.725. The predicted molar refractivity (Wildman–Crippen MR) is 70.2 cm³/mol. The van der Waals surface area contributed by atoms with E-state index in [1.54, 1.807) is 18.5 Å². The Balaban J connectivity index is 2.10. The van der Waals surface area contributed by atoms with Crippen molar-refractivity contribution >= 4 is 11.0 Å². The first-order chi connectivity index (χ1) is 9.38. The summed E-state index contributed by atoms with van der Waals surface area (Å²) in [6.45, 7) is 0.526. The zero-order valence-electron chi connectivity index (χ0n) is 10.2. The number of nitriles is 1. The van der Waals surface area contributed by atoms with E-state index in [4.69, 9.17) is 5.26 Å². The molecule has 0 unspecified atom stereocenters. The lowest BCUT2D eigenvalue weighted by Crippen LogP contribution is -2.07. The first-order valence-corrected chi connectivity index (χ1v) is 5.95. The highest BCUT2D eigenvalue weighted by Gasteiger charge is 2.11. The Morgan fingerprint density at radius 2 is 1.89 bits per heavy atom. The SMILES string of the molecule is N#CCc1nc2ccccc2n1Cc1ncccn1. The average molecular weight is 249 g/mol. The van der Waals surface area contributed by atoms with Crippen molar-refractivity contribution in [3.8, 4) is 6.07 Å². The highest BCUT2D eigenvalue weighted by atomic mass is 15.1. The van der Waals surface area contributed by atoms with Crippen LogP contribution in [-0.4, -0.2) is 19.5 Å². The Hall–Kier alpha value is -2.74. The number of aromatic nitrogens is 4. The van der Waals surface area contributed by atoms with Crippen LogP contribution in [0.4, 0.5) is 0 Å². The van der Waals surface area contributed by atoms with E-state index >= 15 is 0 Å². The Kier molecular flexibility index (Phi) is 2.91. The molecule has 5 heteroatoms. The molecule has 19 heavy (non-hydrogen) atoms. The molecule has 0 aliphatic heterocycles. The van der Waals surface area contributed by atoms with E-state index in [1.165, 1.54) is 0 Å². The maximum atomic E-state index is 8.90. The molecule has 0 spiro atoms. The number of nitrogens with zero attached hydrogens (tertiary/aromatic N) is 5. The first kappa shape index (κ1) is 11.4. The minimum Gasteiger partial charge on any atom is -0.319 e. The lowest BCUT2D eigenvalue weighted by atomic mass is 10.3. The van der Waals surface area contributed by atoms with E-state index < -0.39 is 0 Å². The Morgan fingerprint density at radius 1 is 1.11 bits per heavy atom. The Bertz CT molecular complexity index is 739. The molecular weight excluding hydrogens is 238 g/mol. The van der Waals surface area contributed by atoms with Gasteiger partial charge in [-0.1, -0.05) is 12.1 Å². The van der Waals surface area contributed by atoms with Crippen LogP contribution in [0.2, 0.25) is 0 Å². The van der Waals surface area contributed by atoms with Crippen molar-refractivity contribution in [3.05, 3.63) is 54.4 Å².